The summed E-state index contributed by atoms with van der Waals surface area (Å²) in [5.74, 6) is 0. The number of hydrogen-bond acceptors (Lipinski definition) is 4. The van der Waals surface area contributed by atoms with Gasteiger partial charge in [-0.1, -0.05) is 12.8 Å². The van der Waals surface area contributed by atoms with Gasteiger partial charge in [-0.15, -0.1) is 11.3 Å². The highest BCUT2D eigenvalue weighted by Gasteiger charge is 2.10. The van der Waals surface area contributed by atoms with Crippen LogP contribution < -0.4 is 5.32 Å². The minimum Gasteiger partial charge on any atom is -0.317 e. The first-order valence-electron chi connectivity index (χ1n) is 5.31. The molecule has 0 aromatic carbocycles. The monoisotopic (exact) mass is 226 g/mol. The molecule has 0 bridgehead atoms. The highest BCUT2D eigenvalue weighted by molar-refractivity contribution is 7.13. The molecule has 1 N–H and O–H groups in total. The molecule has 0 amide bonds. The van der Waals surface area contributed by atoms with Crippen molar-refractivity contribution in [3.8, 4) is 0 Å². The number of carbonyl (C=O) groups is 1. The molecule has 4 heteroatoms. The average molecular weight is 226 g/mol. The molecule has 1 aromatic heterocycles. The lowest BCUT2D eigenvalue weighted by molar-refractivity contribution is 0.112. The van der Waals surface area contributed by atoms with Gasteiger partial charge in [-0.25, -0.2) is 4.98 Å². The highest BCUT2D eigenvalue weighted by Crippen LogP contribution is 2.16. The van der Waals surface area contributed by atoms with Crippen LogP contribution >= 0.6 is 11.3 Å². The third-order valence-corrected chi connectivity index (χ3v) is 3.34. The Hall–Kier alpha value is -0.740. The Morgan fingerprint density at radius 2 is 2.20 bits per heavy atom. The standard InChI is InChI=1S/C6H13N.C5H5NOS/c1-7-6-4-2-3-5-6;1-4-2-6-5(3-7)8-4/h6-7H,2-5H2,1H3;2-3H,1H3. The van der Waals surface area contributed by atoms with Gasteiger partial charge in [-0.2, -0.15) is 0 Å². The van der Waals surface area contributed by atoms with E-state index in [0.29, 0.717) is 5.01 Å². The van der Waals surface area contributed by atoms with Crippen LogP contribution in [0.2, 0.25) is 0 Å². The zero-order valence-electron chi connectivity index (χ0n) is 9.32. The van der Waals surface area contributed by atoms with Gasteiger partial charge in [-0.05, 0) is 26.8 Å². The molecule has 1 saturated carbocycles. The molecule has 1 aliphatic carbocycles. The van der Waals surface area contributed by atoms with Crippen molar-refractivity contribution in [1.29, 1.82) is 0 Å². The van der Waals surface area contributed by atoms with E-state index in [-0.39, 0.29) is 0 Å². The molecule has 1 aromatic rings. The second-order valence-corrected chi connectivity index (χ2v) is 4.96. The molecular weight excluding hydrogens is 208 g/mol. The molecule has 3 nitrogen and oxygen atoms in total. The Morgan fingerprint density at radius 3 is 2.47 bits per heavy atom. The molecule has 0 spiro atoms. The third-order valence-electron chi connectivity index (χ3n) is 2.50. The summed E-state index contributed by atoms with van der Waals surface area (Å²) in [6, 6.07) is 0.847. The summed E-state index contributed by atoms with van der Waals surface area (Å²) >= 11 is 1.41. The number of thiazole rings is 1. The van der Waals surface area contributed by atoms with Crippen molar-refractivity contribution >= 4 is 17.6 Å². The van der Waals surface area contributed by atoms with Crippen LogP contribution in [0.1, 0.15) is 40.4 Å². The SMILES string of the molecule is CNC1CCCC1.Cc1cnc(C=O)s1. The number of aryl methyl sites for hydroxylation is 1. The fourth-order valence-electron chi connectivity index (χ4n) is 1.64. The van der Waals surface area contributed by atoms with Crippen LogP contribution in [0.5, 0.6) is 0 Å². The summed E-state index contributed by atoms with van der Waals surface area (Å²) in [6.45, 7) is 1.92. The summed E-state index contributed by atoms with van der Waals surface area (Å²) in [6.07, 6.45) is 8.12. The van der Waals surface area contributed by atoms with Crippen molar-refractivity contribution < 1.29 is 4.79 Å². The number of nitrogens with one attached hydrogen (secondary N) is 1. The smallest absolute Gasteiger partial charge is 0.178 e. The normalized spacial score (nSPS) is 15.9. The van der Waals surface area contributed by atoms with Gasteiger partial charge in [0.25, 0.3) is 0 Å². The van der Waals surface area contributed by atoms with Gasteiger partial charge in [0.05, 0.1) is 0 Å². The summed E-state index contributed by atoms with van der Waals surface area (Å²) < 4.78 is 0. The first-order valence-corrected chi connectivity index (χ1v) is 6.12. The summed E-state index contributed by atoms with van der Waals surface area (Å²) in [4.78, 5) is 14.8. The van der Waals surface area contributed by atoms with E-state index >= 15 is 0 Å². The number of aldehydes is 1. The number of nitrogens with zero attached hydrogens (tertiary/aromatic N) is 1. The van der Waals surface area contributed by atoms with Gasteiger partial charge in [0.15, 0.2) is 11.3 Å². The van der Waals surface area contributed by atoms with Gasteiger partial charge < -0.3 is 5.32 Å². The van der Waals surface area contributed by atoms with Crippen LogP contribution in [0, 0.1) is 6.92 Å². The van der Waals surface area contributed by atoms with E-state index in [1.54, 1.807) is 6.20 Å². The zero-order chi connectivity index (χ0) is 11.1. The van der Waals surface area contributed by atoms with Crippen LogP contribution in [-0.4, -0.2) is 24.4 Å². The molecule has 1 aliphatic rings. The Kier molecular flexibility index (Phi) is 5.50. The minimum atomic E-state index is 0.558. The van der Waals surface area contributed by atoms with Crippen molar-refractivity contribution in [1.82, 2.24) is 10.3 Å². The predicted octanol–water partition coefficient (Wildman–Crippen LogP) is 2.41. The third kappa shape index (κ3) is 4.53. The van der Waals surface area contributed by atoms with Gasteiger partial charge >= 0.3 is 0 Å². The minimum absolute atomic E-state index is 0.558. The Labute approximate surface area is 94.9 Å². The van der Waals surface area contributed by atoms with E-state index in [0.717, 1.165) is 17.2 Å². The van der Waals surface area contributed by atoms with Gasteiger partial charge in [-0.3, -0.25) is 4.79 Å². The first-order chi connectivity index (χ1) is 7.26. The summed E-state index contributed by atoms with van der Waals surface area (Å²) in [5.41, 5.74) is 0. The second-order valence-electron chi connectivity index (χ2n) is 3.70. The fraction of sp³-hybridized carbons (Fsp3) is 0.636. The highest BCUT2D eigenvalue weighted by atomic mass is 32.1. The van der Waals surface area contributed by atoms with Gasteiger partial charge in [0.1, 0.15) is 0 Å². The van der Waals surface area contributed by atoms with E-state index in [1.165, 1.54) is 37.0 Å². The molecule has 2 rings (SSSR count). The van der Waals surface area contributed by atoms with Crippen molar-refractivity contribution in [2.75, 3.05) is 7.05 Å². The molecule has 0 radical (unpaired) electrons. The Morgan fingerprint density at radius 1 is 1.53 bits per heavy atom. The lowest BCUT2D eigenvalue weighted by Crippen LogP contribution is -2.20. The number of carbonyl (C=O) groups excluding carboxylic acids is 1. The molecule has 1 fully saturated rings. The summed E-state index contributed by atoms with van der Waals surface area (Å²) in [7, 11) is 2.05. The second kappa shape index (κ2) is 6.69. The maximum absolute atomic E-state index is 9.97. The maximum Gasteiger partial charge on any atom is 0.178 e. The molecule has 15 heavy (non-hydrogen) atoms. The lowest BCUT2D eigenvalue weighted by Gasteiger charge is -2.03. The van der Waals surface area contributed by atoms with Crippen LogP contribution in [-0.2, 0) is 0 Å². The van der Waals surface area contributed by atoms with Crippen LogP contribution in [0.4, 0.5) is 0 Å². The van der Waals surface area contributed by atoms with Crippen LogP contribution in [0.25, 0.3) is 0 Å². The van der Waals surface area contributed by atoms with E-state index < -0.39 is 0 Å². The van der Waals surface area contributed by atoms with Crippen molar-refractivity contribution in [2.24, 2.45) is 0 Å². The van der Waals surface area contributed by atoms with E-state index in [4.69, 9.17) is 0 Å². The molecule has 0 atom stereocenters. The van der Waals surface area contributed by atoms with E-state index in [9.17, 15) is 4.79 Å². The molecule has 0 saturated heterocycles. The molecule has 0 unspecified atom stereocenters. The molecule has 1 heterocycles. The topological polar surface area (TPSA) is 42.0 Å². The van der Waals surface area contributed by atoms with Crippen molar-refractivity contribution in [2.45, 2.75) is 38.6 Å². The average Bonchev–Trinajstić information content (AvgIpc) is 2.88. The predicted molar refractivity (Wildman–Crippen MR) is 63.6 cm³/mol. The first kappa shape index (κ1) is 12.3. The lowest BCUT2D eigenvalue weighted by atomic mass is 10.3. The largest absolute Gasteiger partial charge is 0.317 e. The van der Waals surface area contributed by atoms with Gasteiger partial charge in [0.2, 0.25) is 0 Å². The fourth-order valence-corrected chi connectivity index (χ4v) is 2.23. The van der Waals surface area contributed by atoms with Crippen molar-refractivity contribution in [3.05, 3.63) is 16.1 Å². The number of hydrogen-bond donors (Lipinski definition) is 1. The number of aromatic nitrogens is 1. The van der Waals surface area contributed by atoms with Crippen LogP contribution in [0.3, 0.4) is 0 Å². The van der Waals surface area contributed by atoms with Crippen LogP contribution in [0.15, 0.2) is 6.20 Å². The molecule has 0 aliphatic heterocycles. The molecular formula is C11H18N2OS. The van der Waals surface area contributed by atoms with E-state index in [1.807, 2.05) is 6.92 Å². The zero-order valence-corrected chi connectivity index (χ0v) is 10.1. The van der Waals surface area contributed by atoms with Crippen molar-refractivity contribution in [3.63, 3.8) is 0 Å². The Bertz CT molecular complexity index is 293. The maximum atomic E-state index is 9.97. The summed E-state index contributed by atoms with van der Waals surface area (Å²) in [5, 5.41) is 3.82. The Balaban J connectivity index is 0.000000151. The quantitative estimate of drug-likeness (QED) is 0.787. The molecule has 84 valence electrons. The van der Waals surface area contributed by atoms with Gasteiger partial charge in [0, 0.05) is 17.1 Å². The number of rotatable bonds is 2. The van der Waals surface area contributed by atoms with E-state index in [2.05, 4.69) is 17.3 Å².